The number of pyridine rings is 2. The van der Waals surface area contributed by atoms with Crippen molar-refractivity contribution < 1.29 is 0 Å². The van der Waals surface area contributed by atoms with Crippen LogP contribution in [0.15, 0.2) is 376 Å². The molecule has 0 spiro atoms. The molecule has 23 rings (SSSR count). The predicted molar refractivity (Wildman–Crippen MR) is 450 cm³/mol. The van der Waals surface area contributed by atoms with E-state index < -0.39 is 0 Å². The fraction of sp³-hybridized carbons (Fsp3) is 0. The summed E-state index contributed by atoms with van der Waals surface area (Å²) in [6.45, 7) is 0. The molecule has 8 heteroatoms. The highest BCUT2D eigenvalue weighted by Gasteiger charge is 2.27. The fourth-order valence-corrected chi connectivity index (χ4v) is 18.0. The lowest BCUT2D eigenvalue weighted by atomic mass is 9.96. The van der Waals surface area contributed by atoms with Gasteiger partial charge >= 0.3 is 0 Å². The van der Waals surface area contributed by atoms with Crippen LogP contribution in [0.2, 0.25) is 0 Å². The van der Waals surface area contributed by atoms with E-state index in [0.29, 0.717) is 0 Å². The molecule has 0 radical (unpaired) electrons. The third-order valence-corrected chi connectivity index (χ3v) is 22.7. The highest BCUT2D eigenvalue weighted by molar-refractivity contribution is 6.18. The Kier molecular flexibility index (Phi) is 13.0. The van der Waals surface area contributed by atoms with Gasteiger partial charge in [0.15, 0.2) is 0 Å². The topological polar surface area (TPSA) is 55.4 Å². The van der Waals surface area contributed by atoms with Crippen molar-refractivity contribution in [3.8, 4) is 78.9 Å². The molecule has 0 saturated heterocycles. The molecule has 0 amide bonds. The van der Waals surface area contributed by atoms with Crippen LogP contribution in [0.3, 0.4) is 0 Å². The first kappa shape index (κ1) is 59.9. The first-order valence-corrected chi connectivity index (χ1v) is 36.9. The van der Waals surface area contributed by atoms with Gasteiger partial charge in [0.25, 0.3) is 0 Å². The molecule has 8 heterocycles. The van der Waals surface area contributed by atoms with Gasteiger partial charge in [-0.15, -0.1) is 0 Å². The number of hydrogen-bond acceptors (Lipinski definition) is 2. The smallest absolute Gasteiger partial charge is 0.0745 e. The molecule has 502 valence electrons. The average molecular weight is 1380 g/mol. The minimum Gasteiger partial charge on any atom is -0.309 e. The van der Waals surface area contributed by atoms with Crippen LogP contribution in [0, 0.1) is 0 Å². The molecule has 0 aliphatic carbocycles. The van der Waals surface area contributed by atoms with Gasteiger partial charge in [-0.05, 0) is 150 Å². The second kappa shape index (κ2) is 23.5. The maximum atomic E-state index is 5.49. The molecule has 0 saturated carbocycles. The molecule has 8 nitrogen and oxygen atoms in total. The van der Waals surface area contributed by atoms with Gasteiger partial charge in [-0.3, -0.25) is 4.98 Å². The van der Waals surface area contributed by atoms with E-state index in [0.717, 1.165) is 167 Å². The Hall–Kier alpha value is -14.6. The van der Waals surface area contributed by atoms with Crippen molar-refractivity contribution in [2.75, 3.05) is 0 Å². The Morgan fingerprint density at radius 1 is 0.167 bits per heavy atom. The van der Waals surface area contributed by atoms with E-state index in [9.17, 15) is 0 Å². The lowest BCUT2D eigenvalue weighted by Gasteiger charge is -2.20. The third kappa shape index (κ3) is 8.92. The van der Waals surface area contributed by atoms with Crippen LogP contribution >= 0.6 is 0 Å². The maximum absolute atomic E-state index is 5.49. The molecular weight excluding hydrogens is 1310 g/mol. The van der Waals surface area contributed by atoms with Crippen LogP contribution in [0.1, 0.15) is 0 Å². The maximum Gasteiger partial charge on any atom is 0.0745 e. The molecule has 0 fully saturated rings. The van der Waals surface area contributed by atoms with Gasteiger partial charge in [0.2, 0.25) is 0 Å². The van der Waals surface area contributed by atoms with E-state index in [1.165, 1.54) is 43.1 Å². The summed E-state index contributed by atoms with van der Waals surface area (Å²) < 4.78 is 14.7. The van der Waals surface area contributed by atoms with Crippen LogP contribution < -0.4 is 0 Å². The molecule has 23 aromatic rings. The monoisotopic (exact) mass is 1370 g/mol. The molecule has 108 heavy (non-hydrogen) atoms. The number of nitrogens with zero attached hydrogens (tertiary/aromatic N) is 8. The van der Waals surface area contributed by atoms with E-state index in [1.54, 1.807) is 0 Å². The Morgan fingerprint density at radius 2 is 0.407 bits per heavy atom. The molecule has 0 atom stereocenters. The average Bonchev–Trinajstić information content (AvgIpc) is 1.54. The SMILES string of the molecule is c1ccc(-c2cc(-c3ccc(-c4c(-n5c6ccc(-n7c8ccccc8c8ccccc87)cc6c6cc(-n7c8ccccc8c8ccccc87)ccc65)cncc4-n4c5ccc(-n6c7ccccc7c7ccccc76)cc5c5cc(-n6c7ccccc7c7ccccc76)ccc54)cc3)cc(-c3ccccc3)n2)cc1. The first-order chi connectivity index (χ1) is 53.6. The van der Waals surface area contributed by atoms with Gasteiger partial charge in [0, 0.05) is 104 Å². The van der Waals surface area contributed by atoms with E-state index in [2.05, 4.69) is 404 Å². The molecule has 0 unspecified atom stereocenters. The van der Waals surface area contributed by atoms with Gasteiger partial charge < -0.3 is 27.4 Å². The summed E-state index contributed by atoms with van der Waals surface area (Å²) in [5, 5.41) is 14.2. The van der Waals surface area contributed by atoms with Gasteiger partial charge in [-0.2, -0.15) is 0 Å². The van der Waals surface area contributed by atoms with Crippen molar-refractivity contribution in [1.29, 1.82) is 0 Å². The summed E-state index contributed by atoms with van der Waals surface area (Å²) in [6, 6.07) is 134. The van der Waals surface area contributed by atoms with Gasteiger partial charge in [0.1, 0.15) is 0 Å². The first-order valence-electron chi connectivity index (χ1n) is 36.9. The largest absolute Gasteiger partial charge is 0.309 e. The summed E-state index contributed by atoms with van der Waals surface area (Å²) >= 11 is 0. The van der Waals surface area contributed by atoms with Gasteiger partial charge in [0.05, 0.1) is 101 Å². The molecule has 8 aromatic heterocycles. The van der Waals surface area contributed by atoms with Crippen molar-refractivity contribution in [2.24, 2.45) is 0 Å². The summed E-state index contributed by atoms with van der Waals surface area (Å²) in [4.78, 5) is 10.8. The molecule has 15 aromatic carbocycles. The zero-order chi connectivity index (χ0) is 70.7. The zero-order valence-corrected chi connectivity index (χ0v) is 58.4. The van der Waals surface area contributed by atoms with Crippen LogP contribution in [-0.4, -0.2) is 37.4 Å². The van der Waals surface area contributed by atoms with Gasteiger partial charge in [-0.25, -0.2) is 4.98 Å². The van der Waals surface area contributed by atoms with Crippen LogP contribution in [-0.2, 0) is 0 Å². The second-order valence-corrected chi connectivity index (χ2v) is 28.4. The lowest BCUT2D eigenvalue weighted by molar-refractivity contribution is 1.09. The Balaban J connectivity index is 0.814. The summed E-state index contributed by atoms with van der Waals surface area (Å²) in [7, 11) is 0. The van der Waals surface area contributed by atoms with E-state index in [4.69, 9.17) is 9.97 Å². The van der Waals surface area contributed by atoms with Crippen LogP contribution in [0.5, 0.6) is 0 Å². The van der Waals surface area contributed by atoms with Crippen molar-refractivity contribution in [3.05, 3.63) is 376 Å². The number of aromatic nitrogens is 8. The minimum atomic E-state index is 0.915. The molecular formula is C100H62N8. The predicted octanol–water partition coefficient (Wildman–Crippen LogP) is 25.7. The molecule has 0 aliphatic heterocycles. The van der Waals surface area contributed by atoms with Crippen LogP contribution in [0.4, 0.5) is 0 Å². The van der Waals surface area contributed by atoms with Crippen LogP contribution in [0.25, 0.3) is 210 Å². The molecule has 0 aliphatic rings. The quantitative estimate of drug-likeness (QED) is 0.137. The zero-order valence-electron chi connectivity index (χ0n) is 58.4. The van der Waals surface area contributed by atoms with E-state index >= 15 is 0 Å². The Bertz CT molecular complexity index is 6690. The number of rotatable bonds is 10. The lowest BCUT2D eigenvalue weighted by Crippen LogP contribution is -2.05. The highest BCUT2D eigenvalue weighted by Crippen LogP contribution is 2.47. The van der Waals surface area contributed by atoms with Gasteiger partial charge in [-0.1, -0.05) is 231 Å². The van der Waals surface area contributed by atoms with E-state index in [1.807, 2.05) is 0 Å². The Labute approximate surface area is 619 Å². The summed E-state index contributed by atoms with van der Waals surface area (Å²) in [5.74, 6) is 0. The van der Waals surface area contributed by atoms with Crippen molar-refractivity contribution in [2.45, 2.75) is 0 Å². The van der Waals surface area contributed by atoms with Crippen molar-refractivity contribution >= 4 is 131 Å². The number of benzene rings is 15. The number of para-hydroxylation sites is 8. The van der Waals surface area contributed by atoms with E-state index in [-0.39, 0.29) is 0 Å². The normalized spacial score (nSPS) is 12.1. The Morgan fingerprint density at radius 3 is 0.685 bits per heavy atom. The second-order valence-electron chi connectivity index (χ2n) is 28.4. The van der Waals surface area contributed by atoms with Crippen molar-refractivity contribution in [1.82, 2.24) is 37.4 Å². The molecule has 0 N–H and O–H groups in total. The standard InChI is InChI=1S/C100H62N8/c1-3-23-64(24-4-1)84-55-67(56-85(102-84)65-25-5-2-6-26-65)63-43-45-66(46-44-63)100-98(107-94-51-47-68(103-86-35-15-7-27-72(86)73-28-8-16-36-87(73)103)57-80(94)81-58-69(48-52-95(81)107)104-88-37-17-9-29-74(88)75-30-10-18-38-89(75)104)61-101-62-99(100)108-96-53-49-70(105-90-39-19-11-31-76(90)77-32-12-20-40-91(77)105)59-82(96)83-60-71(50-54-97(83)108)106-92-41-21-13-33-78(92)79-34-14-22-42-93(79)106/h1-62H. The fourth-order valence-electron chi connectivity index (χ4n) is 18.0. The third-order valence-electron chi connectivity index (χ3n) is 22.7. The number of hydrogen-bond donors (Lipinski definition) is 0. The summed E-state index contributed by atoms with van der Waals surface area (Å²) in [5.41, 5.74) is 27.8. The molecule has 0 bridgehead atoms. The minimum absolute atomic E-state index is 0.915. The van der Waals surface area contributed by atoms with Crippen molar-refractivity contribution in [3.63, 3.8) is 0 Å². The summed E-state index contributed by atoms with van der Waals surface area (Å²) in [6.07, 6.45) is 4.20. The highest BCUT2D eigenvalue weighted by atomic mass is 15.1. The number of fused-ring (bicyclic) bond motifs is 18.